The molecule has 0 aromatic rings. The third-order valence-electron chi connectivity index (χ3n) is 3.85. The third kappa shape index (κ3) is 3.63. The molecule has 0 spiro atoms. The number of halogens is 2. The highest BCUT2D eigenvalue weighted by Crippen LogP contribution is 2.37. The first-order chi connectivity index (χ1) is 10.1. The molecule has 0 bridgehead atoms. The summed E-state index contributed by atoms with van der Waals surface area (Å²) in [6.45, 7) is 7.27. The van der Waals surface area contributed by atoms with Crippen LogP contribution in [0.15, 0.2) is 12.2 Å². The lowest BCUT2D eigenvalue weighted by Gasteiger charge is -2.37. The van der Waals surface area contributed by atoms with Crippen molar-refractivity contribution in [1.82, 2.24) is 4.90 Å². The molecule has 0 heterocycles. The predicted octanol–water partition coefficient (Wildman–Crippen LogP) is 2.38. The second-order valence-electron chi connectivity index (χ2n) is 5.99. The van der Waals surface area contributed by atoms with E-state index in [2.05, 4.69) is 0 Å². The molecular formula is C15H23F2NO4. The summed E-state index contributed by atoms with van der Waals surface area (Å²) in [6, 6.07) is 0. The Hall–Kier alpha value is -1.50. The lowest BCUT2D eigenvalue weighted by molar-refractivity contribution is -0.171. The minimum Gasteiger partial charge on any atom is -0.437 e. The van der Waals surface area contributed by atoms with Gasteiger partial charge in [0.2, 0.25) is 5.78 Å². The van der Waals surface area contributed by atoms with Gasteiger partial charge in [-0.15, -0.1) is 0 Å². The van der Waals surface area contributed by atoms with E-state index >= 15 is 0 Å². The monoisotopic (exact) mass is 319 g/mol. The van der Waals surface area contributed by atoms with E-state index in [1.54, 1.807) is 27.7 Å². The van der Waals surface area contributed by atoms with Gasteiger partial charge in [-0.25, -0.2) is 4.79 Å². The summed E-state index contributed by atoms with van der Waals surface area (Å²) in [5, 5.41) is 9.43. The molecule has 0 aromatic heterocycles. The zero-order chi connectivity index (χ0) is 17.1. The summed E-state index contributed by atoms with van der Waals surface area (Å²) in [4.78, 5) is 25.5. The normalized spacial score (nSPS) is 27.0. The molecule has 0 fully saturated rings. The van der Waals surface area contributed by atoms with Crippen LogP contribution in [0.25, 0.3) is 0 Å². The highest BCUT2D eigenvalue weighted by atomic mass is 19.3. The van der Waals surface area contributed by atoms with Crippen LogP contribution < -0.4 is 0 Å². The van der Waals surface area contributed by atoms with Crippen LogP contribution in [0.2, 0.25) is 0 Å². The second kappa shape index (κ2) is 6.73. The zero-order valence-electron chi connectivity index (χ0n) is 13.3. The van der Waals surface area contributed by atoms with Crippen LogP contribution in [-0.4, -0.2) is 53.1 Å². The molecule has 0 saturated carbocycles. The van der Waals surface area contributed by atoms with Gasteiger partial charge in [0, 0.05) is 18.5 Å². The molecule has 1 N–H and O–H groups in total. The Balaban J connectivity index is 3.13. The number of carbonyl (C=O) groups excluding carboxylic acids is 2. The summed E-state index contributed by atoms with van der Waals surface area (Å²) in [6.07, 6.45) is -2.15. The van der Waals surface area contributed by atoms with Crippen molar-refractivity contribution in [3.8, 4) is 0 Å². The average Bonchev–Trinajstić information content (AvgIpc) is 2.43. The summed E-state index contributed by atoms with van der Waals surface area (Å²) >= 11 is 0. The van der Waals surface area contributed by atoms with Gasteiger partial charge in [-0.2, -0.15) is 8.78 Å². The number of ketones is 1. The van der Waals surface area contributed by atoms with Crippen LogP contribution >= 0.6 is 0 Å². The Morgan fingerprint density at radius 2 is 1.95 bits per heavy atom. The van der Waals surface area contributed by atoms with Crippen LogP contribution in [0.1, 0.15) is 34.1 Å². The van der Waals surface area contributed by atoms with Crippen LogP contribution in [0, 0.1) is 5.41 Å². The highest BCUT2D eigenvalue weighted by Gasteiger charge is 2.54. The molecule has 0 unspecified atom stereocenters. The average molecular weight is 319 g/mol. The van der Waals surface area contributed by atoms with Gasteiger partial charge in [-0.3, -0.25) is 4.79 Å². The van der Waals surface area contributed by atoms with Crippen LogP contribution in [-0.2, 0) is 9.53 Å². The van der Waals surface area contributed by atoms with Crippen molar-refractivity contribution < 1.29 is 28.2 Å². The number of carbonyl (C=O) groups is 2. The Morgan fingerprint density at radius 1 is 1.41 bits per heavy atom. The number of hydrogen-bond donors (Lipinski definition) is 1. The molecule has 22 heavy (non-hydrogen) atoms. The number of ether oxygens (including phenoxy) is 1. The Morgan fingerprint density at radius 3 is 2.45 bits per heavy atom. The van der Waals surface area contributed by atoms with Crippen LogP contribution in [0.3, 0.4) is 0 Å². The van der Waals surface area contributed by atoms with Gasteiger partial charge in [0.05, 0.1) is 0 Å². The minimum atomic E-state index is -4.00. The molecule has 7 heteroatoms. The maximum Gasteiger partial charge on any atom is 0.410 e. The summed E-state index contributed by atoms with van der Waals surface area (Å²) < 4.78 is 33.1. The summed E-state index contributed by atoms with van der Waals surface area (Å²) in [5.41, 5.74) is -1.00. The highest BCUT2D eigenvalue weighted by molar-refractivity contribution is 5.93. The van der Waals surface area contributed by atoms with E-state index < -0.39 is 35.4 Å². The van der Waals surface area contributed by atoms with Gasteiger partial charge in [-0.05, 0) is 20.3 Å². The maximum absolute atomic E-state index is 14.0. The van der Waals surface area contributed by atoms with E-state index in [0.29, 0.717) is 13.1 Å². The number of rotatable bonds is 3. The van der Waals surface area contributed by atoms with Crippen molar-refractivity contribution in [2.75, 3.05) is 13.1 Å². The molecule has 0 radical (unpaired) electrons. The molecular weight excluding hydrogens is 296 g/mol. The lowest BCUT2D eigenvalue weighted by Crippen LogP contribution is -2.54. The molecule has 1 aliphatic rings. The molecule has 0 aliphatic heterocycles. The molecule has 2 atom stereocenters. The number of Topliss-reactive ketones (excluding diaryl/α,β-unsaturated/α-hetero) is 1. The zero-order valence-corrected chi connectivity index (χ0v) is 13.3. The quantitative estimate of drug-likeness (QED) is 0.811. The molecule has 1 rings (SSSR count). The summed E-state index contributed by atoms with van der Waals surface area (Å²) in [5.74, 6) is -5.57. The fraction of sp³-hybridized carbons (Fsp3) is 0.733. The topological polar surface area (TPSA) is 66.8 Å². The van der Waals surface area contributed by atoms with Gasteiger partial charge in [0.1, 0.15) is 6.10 Å². The van der Waals surface area contributed by atoms with E-state index in [9.17, 15) is 23.5 Å². The smallest absolute Gasteiger partial charge is 0.410 e. The first kappa shape index (κ1) is 18.5. The van der Waals surface area contributed by atoms with Gasteiger partial charge in [0.15, 0.2) is 6.10 Å². The first-order valence-electron chi connectivity index (χ1n) is 7.30. The number of alkyl halides is 2. The second-order valence-corrected chi connectivity index (χ2v) is 5.99. The lowest BCUT2D eigenvalue weighted by atomic mass is 9.77. The third-order valence-corrected chi connectivity index (χ3v) is 3.85. The Kier molecular flexibility index (Phi) is 5.67. The molecule has 126 valence electrons. The first-order valence-corrected chi connectivity index (χ1v) is 7.30. The number of allylic oxidation sites excluding steroid dienone is 1. The van der Waals surface area contributed by atoms with E-state index in [1.807, 2.05) is 0 Å². The van der Waals surface area contributed by atoms with Gasteiger partial charge >= 0.3 is 12.0 Å². The molecule has 0 aromatic carbocycles. The molecule has 5 nitrogen and oxygen atoms in total. The van der Waals surface area contributed by atoms with Crippen molar-refractivity contribution in [3.05, 3.63) is 12.2 Å². The van der Waals surface area contributed by atoms with E-state index in [1.165, 1.54) is 11.0 Å². The van der Waals surface area contributed by atoms with Crippen molar-refractivity contribution in [2.24, 2.45) is 5.41 Å². The van der Waals surface area contributed by atoms with E-state index in [-0.39, 0.29) is 6.42 Å². The minimum absolute atomic E-state index is 0.224. The van der Waals surface area contributed by atoms with Crippen molar-refractivity contribution in [3.63, 3.8) is 0 Å². The Labute approximate surface area is 128 Å². The van der Waals surface area contributed by atoms with Crippen molar-refractivity contribution >= 4 is 11.9 Å². The van der Waals surface area contributed by atoms with E-state index in [4.69, 9.17) is 4.74 Å². The number of aliphatic hydroxyl groups excluding tert-OH is 1. The fourth-order valence-electron chi connectivity index (χ4n) is 2.27. The number of hydrogen-bond acceptors (Lipinski definition) is 4. The molecule has 1 amide bonds. The fourth-order valence-corrected chi connectivity index (χ4v) is 2.27. The SMILES string of the molecule is CCN(CC)C(=O)O[C@@H]1C(=O)C(F)(F)[C@@H](O)C=CCC1(C)C. The number of nitrogens with zero attached hydrogens (tertiary/aromatic N) is 1. The van der Waals surface area contributed by atoms with Crippen LogP contribution in [0.5, 0.6) is 0 Å². The van der Waals surface area contributed by atoms with Gasteiger partial charge < -0.3 is 14.7 Å². The largest absolute Gasteiger partial charge is 0.437 e. The molecule has 1 aliphatic carbocycles. The van der Waals surface area contributed by atoms with Crippen molar-refractivity contribution in [2.45, 2.75) is 52.2 Å². The predicted molar refractivity (Wildman–Crippen MR) is 76.7 cm³/mol. The van der Waals surface area contributed by atoms with Crippen molar-refractivity contribution in [1.29, 1.82) is 0 Å². The summed E-state index contributed by atoms with van der Waals surface area (Å²) in [7, 11) is 0. The standard InChI is InChI=1S/C15H23F2NO4/c1-5-18(6-2)13(21)22-12-11(20)15(16,17)10(19)8-7-9-14(12,3)4/h7-8,10,12,19H,5-6,9H2,1-4H3/t10-,12+/m0/s1. The number of aliphatic hydroxyl groups is 1. The Bertz CT molecular complexity index is 458. The molecule has 0 saturated heterocycles. The number of amides is 1. The van der Waals surface area contributed by atoms with E-state index in [0.717, 1.165) is 6.08 Å². The van der Waals surface area contributed by atoms with Gasteiger partial charge in [0.25, 0.3) is 0 Å². The van der Waals surface area contributed by atoms with Crippen LogP contribution in [0.4, 0.5) is 13.6 Å². The van der Waals surface area contributed by atoms with Gasteiger partial charge in [-0.1, -0.05) is 26.0 Å². The maximum atomic E-state index is 14.0.